The highest BCUT2D eigenvalue weighted by Gasteiger charge is 2.13. The van der Waals surface area contributed by atoms with E-state index in [0.717, 1.165) is 11.1 Å². The van der Waals surface area contributed by atoms with Crippen molar-refractivity contribution in [3.05, 3.63) is 40.5 Å². The third kappa shape index (κ3) is 3.28. The molecule has 0 bridgehead atoms. The zero-order valence-electron chi connectivity index (χ0n) is 10.8. The molecule has 0 saturated carbocycles. The van der Waals surface area contributed by atoms with Crippen LogP contribution < -0.4 is 0 Å². The normalized spacial score (nSPS) is 12.7. The van der Waals surface area contributed by atoms with Crippen LogP contribution in [-0.4, -0.2) is 28.9 Å². The summed E-state index contributed by atoms with van der Waals surface area (Å²) < 4.78 is 0. The number of aliphatic imine (C=N–C) groups is 1. The summed E-state index contributed by atoms with van der Waals surface area (Å²) in [6.45, 7) is 4.69. The Morgan fingerprint density at radius 2 is 2.06 bits per heavy atom. The lowest BCUT2D eigenvalue weighted by atomic mass is 10.00. The zero-order valence-corrected chi connectivity index (χ0v) is 10.8. The molecule has 0 aliphatic heterocycles. The van der Waals surface area contributed by atoms with Gasteiger partial charge in [0.05, 0.1) is 5.57 Å². The number of nitrogens with zero attached hydrogens (tertiary/aromatic N) is 1. The van der Waals surface area contributed by atoms with Crippen LogP contribution in [0.4, 0.5) is 0 Å². The lowest BCUT2D eigenvalue weighted by molar-refractivity contribution is -0.113. The molecule has 0 fully saturated rings. The Morgan fingerprint density at radius 1 is 1.39 bits per heavy atom. The van der Waals surface area contributed by atoms with Gasteiger partial charge in [-0.1, -0.05) is 17.7 Å². The Labute approximate surface area is 106 Å². The second-order valence-electron chi connectivity index (χ2n) is 4.09. The van der Waals surface area contributed by atoms with Crippen LogP contribution in [0.3, 0.4) is 0 Å². The maximum Gasteiger partial charge on any atom is 0.165 e. The number of carbonyl (C=O) groups is 1. The summed E-state index contributed by atoms with van der Waals surface area (Å²) in [5.41, 5.74) is 2.56. The number of aliphatic hydroxyl groups excluding tert-OH is 2. The van der Waals surface area contributed by atoms with Gasteiger partial charge in [-0.15, -0.1) is 0 Å². The van der Waals surface area contributed by atoms with Gasteiger partial charge in [0.2, 0.25) is 0 Å². The molecule has 0 unspecified atom stereocenters. The predicted molar refractivity (Wildman–Crippen MR) is 71.7 cm³/mol. The second-order valence-corrected chi connectivity index (χ2v) is 4.09. The van der Waals surface area contributed by atoms with Gasteiger partial charge in [0.15, 0.2) is 5.78 Å². The topological polar surface area (TPSA) is 69.9 Å². The van der Waals surface area contributed by atoms with Crippen LogP contribution in [0.15, 0.2) is 28.8 Å². The van der Waals surface area contributed by atoms with E-state index in [9.17, 15) is 9.90 Å². The van der Waals surface area contributed by atoms with Gasteiger partial charge in [-0.25, -0.2) is 0 Å². The van der Waals surface area contributed by atoms with Gasteiger partial charge in [-0.3, -0.25) is 9.79 Å². The molecule has 0 radical (unpaired) electrons. The Balaban J connectivity index is 3.38. The summed E-state index contributed by atoms with van der Waals surface area (Å²) >= 11 is 0. The van der Waals surface area contributed by atoms with Crippen molar-refractivity contribution in [1.82, 2.24) is 0 Å². The van der Waals surface area contributed by atoms with Crippen LogP contribution in [0, 0.1) is 13.8 Å². The molecule has 2 N–H and O–H groups in total. The van der Waals surface area contributed by atoms with Gasteiger partial charge < -0.3 is 10.2 Å². The van der Waals surface area contributed by atoms with Crippen LogP contribution in [0.5, 0.6) is 0 Å². The summed E-state index contributed by atoms with van der Waals surface area (Å²) in [6, 6.07) is 5.61. The lowest BCUT2D eigenvalue weighted by Gasteiger charge is -2.08. The Kier molecular flexibility index (Phi) is 4.80. The van der Waals surface area contributed by atoms with Crippen LogP contribution in [0.25, 0.3) is 5.76 Å². The van der Waals surface area contributed by atoms with Crippen molar-refractivity contribution in [1.29, 1.82) is 0 Å². The van der Waals surface area contributed by atoms with Crippen molar-refractivity contribution in [2.75, 3.05) is 6.73 Å². The van der Waals surface area contributed by atoms with E-state index in [0.29, 0.717) is 5.56 Å². The quantitative estimate of drug-likeness (QED) is 0.486. The first-order chi connectivity index (χ1) is 8.47. The Morgan fingerprint density at radius 3 is 2.61 bits per heavy atom. The molecule has 1 rings (SSSR count). The van der Waals surface area contributed by atoms with E-state index in [-0.39, 0.29) is 17.1 Å². The molecular formula is C14H17NO3. The largest absolute Gasteiger partial charge is 0.506 e. The summed E-state index contributed by atoms with van der Waals surface area (Å²) in [4.78, 5) is 15.1. The standard InChI is InChI=1S/C14H17NO3/c1-9-4-5-10(2)12(6-9)14(18)13(11(3)17)7-15-8-16/h4-7,16,18H,8H2,1-3H3. The Bertz CT molecular complexity index is 516. The molecule has 4 nitrogen and oxygen atoms in total. The number of rotatable bonds is 4. The Hall–Kier alpha value is -1.94. The fourth-order valence-corrected chi connectivity index (χ4v) is 1.59. The van der Waals surface area contributed by atoms with E-state index in [1.54, 1.807) is 6.07 Å². The fraction of sp³-hybridized carbons (Fsp3) is 0.286. The molecule has 0 heterocycles. The van der Waals surface area contributed by atoms with Crippen molar-refractivity contribution in [2.45, 2.75) is 20.8 Å². The van der Waals surface area contributed by atoms with Crippen LogP contribution in [0.2, 0.25) is 0 Å². The monoisotopic (exact) mass is 247 g/mol. The minimum Gasteiger partial charge on any atom is -0.506 e. The minimum atomic E-state index is -0.420. The number of aryl methyl sites for hydroxylation is 2. The molecule has 1 aromatic rings. The first-order valence-electron chi connectivity index (χ1n) is 5.60. The lowest BCUT2D eigenvalue weighted by Crippen LogP contribution is -2.04. The molecule has 0 atom stereocenters. The average molecular weight is 247 g/mol. The first-order valence-corrected chi connectivity index (χ1v) is 5.60. The van der Waals surface area contributed by atoms with E-state index in [2.05, 4.69) is 4.99 Å². The van der Waals surface area contributed by atoms with Gasteiger partial charge >= 0.3 is 0 Å². The molecule has 1 aromatic carbocycles. The third-order valence-electron chi connectivity index (χ3n) is 2.58. The maximum atomic E-state index is 11.5. The molecular weight excluding hydrogens is 230 g/mol. The van der Waals surface area contributed by atoms with Gasteiger partial charge in [-0.2, -0.15) is 0 Å². The zero-order chi connectivity index (χ0) is 13.7. The number of benzene rings is 1. The average Bonchev–Trinajstić information content (AvgIpc) is 2.32. The number of aliphatic hydroxyl groups is 2. The summed E-state index contributed by atoms with van der Waals surface area (Å²) in [5, 5.41) is 18.8. The number of hydrogen-bond donors (Lipinski definition) is 2. The van der Waals surface area contributed by atoms with Gasteiger partial charge in [0, 0.05) is 11.8 Å². The molecule has 0 aromatic heterocycles. The highest BCUT2D eigenvalue weighted by Crippen LogP contribution is 2.21. The number of carbonyl (C=O) groups excluding carboxylic acids is 1. The van der Waals surface area contributed by atoms with Crippen molar-refractivity contribution in [3.63, 3.8) is 0 Å². The SMILES string of the molecule is CC(=O)C(C=NCO)=C(O)c1cc(C)ccc1C. The van der Waals surface area contributed by atoms with Crippen molar-refractivity contribution < 1.29 is 15.0 Å². The van der Waals surface area contributed by atoms with Gasteiger partial charge in [-0.05, 0) is 32.4 Å². The summed E-state index contributed by atoms with van der Waals surface area (Å²) in [5.74, 6) is -0.411. The molecule has 0 aliphatic rings. The second kappa shape index (κ2) is 6.12. The molecule has 96 valence electrons. The van der Waals surface area contributed by atoms with E-state index in [4.69, 9.17) is 5.11 Å². The molecule has 18 heavy (non-hydrogen) atoms. The van der Waals surface area contributed by atoms with Gasteiger partial charge in [0.25, 0.3) is 0 Å². The molecule has 0 amide bonds. The van der Waals surface area contributed by atoms with E-state index in [1.165, 1.54) is 13.1 Å². The van der Waals surface area contributed by atoms with E-state index < -0.39 is 6.73 Å². The first kappa shape index (κ1) is 14.1. The summed E-state index contributed by atoms with van der Waals surface area (Å²) in [6.07, 6.45) is 1.19. The van der Waals surface area contributed by atoms with Crippen LogP contribution >= 0.6 is 0 Å². The molecule has 0 spiro atoms. The summed E-state index contributed by atoms with van der Waals surface area (Å²) in [7, 11) is 0. The molecule has 4 heteroatoms. The number of hydrogen-bond acceptors (Lipinski definition) is 4. The van der Waals surface area contributed by atoms with Crippen LogP contribution in [-0.2, 0) is 4.79 Å². The van der Waals surface area contributed by atoms with Crippen molar-refractivity contribution in [2.24, 2.45) is 4.99 Å². The highest BCUT2D eigenvalue weighted by atomic mass is 16.3. The number of Topliss-reactive ketones (excluding diaryl/α,β-unsaturated/α-hetero) is 1. The van der Waals surface area contributed by atoms with Crippen molar-refractivity contribution >= 4 is 17.8 Å². The van der Waals surface area contributed by atoms with Crippen molar-refractivity contribution in [3.8, 4) is 0 Å². The highest BCUT2D eigenvalue weighted by molar-refractivity contribution is 6.17. The third-order valence-corrected chi connectivity index (χ3v) is 2.58. The predicted octanol–water partition coefficient (Wildman–Crippen LogP) is 2.18. The smallest absolute Gasteiger partial charge is 0.165 e. The van der Waals surface area contributed by atoms with E-state index in [1.807, 2.05) is 26.0 Å². The maximum absolute atomic E-state index is 11.5. The number of ketones is 1. The molecule has 0 saturated heterocycles. The van der Waals surface area contributed by atoms with E-state index >= 15 is 0 Å². The minimum absolute atomic E-state index is 0.0951. The fourth-order valence-electron chi connectivity index (χ4n) is 1.59. The van der Waals surface area contributed by atoms with Gasteiger partial charge in [0.1, 0.15) is 12.5 Å². The number of allylic oxidation sites excluding steroid dienone is 1. The molecule has 0 aliphatic carbocycles. The van der Waals surface area contributed by atoms with Crippen LogP contribution in [0.1, 0.15) is 23.6 Å².